The van der Waals surface area contributed by atoms with Gasteiger partial charge in [-0.05, 0) is 24.3 Å². The van der Waals surface area contributed by atoms with E-state index in [1.165, 1.54) is 0 Å². The number of methoxy groups -OCH3 is 1. The molecular weight excluding hydrogens is 294 g/mol. The van der Waals surface area contributed by atoms with Crippen molar-refractivity contribution in [3.8, 4) is 11.5 Å². The number of aliphatic hydroxyl groups excluding tert-OH is 1. The summed E-state index contributed by atoms with van der Waals surface area (Å²) in [5, 5.41) is 9.05. The number of ether oxygens (including phenoxy) is 2. The highest BCUT2D eigenvalue weighted by atomic mass is 16.5. The lowest BCUT2D eigenvalue weighted by Gasteiger charge is -2.32. The number of hydrogen-bond donors (Lipinski definition) is 1. The van der Waals surface area contributed by atoms with E-state index in [4.69, 9.17) is 14.6 Å². The van der Waals surface area contributed by atoms with Crippen LogP contribution in [0.2, 0.25) is 0 Å². The topological polar surface area (TPSA) is 59.0 Å². The molecule has 3 rings (SSSR count). The largest absolute Gasteiger partial charge is 0.496 e. The Morgan fingerprint density at radius 2 is 2.13 bits per heavy atom. The lowest BCUT2D eigenvalue weighted by atomic mass is 10.1. The minimum atomic E-state index is -0.494. The highest BCUT2D eigenvalue weighted by molar-refractivity contribution is 5.98. The summed E-state index contributed by atoms with van der Waals surface area (Å²) in [5.41, 5.74) is 2.42. The molecule has 1 heterocycles. The number of hydrogen-bond acceptors (Lipinski definition) is 5. The number of anilines is 1. The Hall–Kier alpha value is -2.53. The molecule has 0 radical (unpaired) electrons. The molecule has 0 aromatic heterocycles. The number of Topliss-reactive ketones (excluding diaryl/α,β-unsaturated/α-hetero) is 1. The summed E-state index contributed by atoms with van der Waals surface area (Å²) in [6.07, 6.45) is 0. The summed E-state index contributed by atoms with van der Waals surface area (Å²) in [7, 11) is 1.66. The minimum absolute atomic E-state index is 0.296. The Labute approximate surface area is 135 Å². The first-order valence-electron chi connectivity index (χ1n) is 7.50. The zero-order valence-corrected chi connectivity index (χ0v) is 13.0. The van der Waals surface area contributed by atoms with Crippen LogP contribution in [0.4, 0.5) is 5.69 Å². The van der Waals surface area contributed by atoms with E-state index in [1.807, 2.05) is 24.3 Å². The highest BCUT2D eigenvalue weighted by Gasteiger charge is 2.21. The lowest BCUT2D eigenvalue weighted by Crippen LogP contribution is -2.32. The number of rotatable bonds is 5. The van der Waals surface area contributed by atoms with Crippen LogP contribution in [0.1, 0.15) is 15.9 Å². The molecule has 2 aromatic rings. The van der Waals surface area contributed by atoms with E-state index in [9.17, 15) is 4.79 Å². The van der Waals surface area contributed by atoms with Gasteiger partial charge in [0.2, 0.25) is 0 Å². The van der Waals surface area contributed by atoms with Crippen LogP contribution in [0.3, 0.4) is 0 Å². The molecule has 0 aliphatic carbocycles. The van der Waals surface area contributed by atoms with Gasteiger partial charge in [0.05, 0.1) is 19.3 Å². The Morgan fingerprint density at radius 3 is 2.91 bits per heavy atom. The second kappa shape index (κ2) is 6.71. The van der Waals surface area contributed by atoms with Gasteiger partial charge in [-0.15, -0.1) is 0 Å². The van der Waals surface area contributed by atoms with Crippen molar-refractivity contribution in [2.45, 2.75) is 6.54 Å². The van der Waals surface area contributed by atoms with E-state index >= 15 is 0 Å². The number of benzene rings is 2. The van der Waals surface area contributed by atoms with Crippen LogP contribution in [-0.2, 0) is 6.54 Å². The molecule has 0 saturated carbocycles. The minimum Gasteiger partial charge on any atom is -0.496 e. The molecule has 0 fully saturated rings. The van der Waals surface area contributed by atoms with Gasteiger partial charge in [0.15, 0.2) is 5.78 Å². The van der Waals surface area contributed by atoms with E-state index in [0.29, 0.717) is 18.7 Å². The van der Waals surface area contributed by atoms with Crippen molar-refractivity contribution < 1.29 is 19.4 Å². The van der Waals surface area contributed by atoms with Gasteiger partial charge in [0.25, 0.3) is 0 Å². The summed E-state index contributed by atoms with van der Waals surface area (Å²) < 4.78 is 11.1. The number of ketones is 1. The highest BCUT2D eigenvalue weighted by Crippen LogP contribution is 2.34. The first-order valence-corrected chi connectivity index (χ1v) is 7.50. The van der Waals surface area contributed by atoms with Crippen LogP contribution in [0.5, 0.6) is 11.5 Å². The molecule has 0 bridgehead atoms. The van der Waals surface area contributed by atoms with Gasteiger partial charge in [-0.25, -0.2) is 0 Å². The SMILES string of the molecule is COc1ccccc1CN1CCOc2ccc(C(=O)CO)cc21. The molecule has 5 heteroatoms. The molecule has 0 unspecified atom stereocenters. The molecule has 120 valence electrons. The van der Waals surface area contributed by atoms with E-state index in [-0.39, 0.29) is 5.78 Å². The second-order valence-corrected chi connectivity index (χ2v) is 5.35. The number of aliphatic hydroxyl groups is 1. The average molecular weight is 313 g/mol. The summed E-state index contributed by atoms with van der Waals surface area (Å²) in [6.45, 7) is 1.49. The van der Waals surface area contributed by atoms with Crippen molar-refractivity contribution in [3.05, 3.63) is 53.6 Å². The smallest absolute Gasteiger partial charge is 0.188 e. The van der Waals surface area contributed by atoms with Gasteiger partial charge in [0.1, 0.15) is 24.7 Å². The maximum atomic E-state index is 11.7. The third-order valence-electron chi connectivity index (χ3n) is 3.94. The van der Waals surface area contributed by atoms with E-state index in [1.54, 1.807) is 25.3 Å². The van der Waals surface area contributed by atoms with Gasteiger partial charge in [0, 0.05) is 17.7 Å². The van der Waals surface area contributed by atoms with Crippen molar-refractivity contribution >= 4 is 11.5 Å². The second-order valence-electron chi connectivity index (χ2n) is 5.35. The molecule has 2 aromatic carbocycles. The normalized spacial score (nSPS) is 13.2. The molecule has 1 aliphatic heterocycles. The molecule has 0 spiro atoms. The van der Waals surface area contributed by atoms with Crippen LogP contribution in [0, 0.1) is 0 Å². The Balaban J connectivity index is 1.92. The van der Waals surface area contributed by atoms with Gasteiger partial charge >= 0.3 is 0 Å². The van der Waals surface area contributed by atoms with E-state index in [2.05, 4.69) is 4.90 Å². The molecule has 0 atom stereocenters. The van der Waals surface area contributed by atoms with Gasteiger partial charge in [-0.2, -0.15) is 0 Å². The van der Waals surface area contributed by atoms with Crippen LogP contribution in [-0.4, -0.2) is 37.8 Å². The van der Waals surface area contributed by atoms with Gasteiger partial charge < -0.3 is 19.5 Å². The lowest BCUT2D eigenvalue weighted by molar-refractivity contribution is 0.0903. The third kappa shape index (κ3) is 3.14. The van der Waals surface area contributed by atoms with E-state index in [0.717, 1.165) is 29.3 Å². The molecule has 5 nitrogen and oxygen atoms in total. The molecule has 0 saturated heterocycles. The Kier molecular flexibility index (Phi) is 4.48. The maximum Gasteiger partial charge on any atom is 0.188 e. The molecule has 0 amide bonds. The number of nitrogens with zero attached hydrogens (tertiary/aromatic N) is 1. The first kappa shape index (κ1) is 15.4. The van der Waals surface area contributed by atoms with Crippen molar-refractivity contribution in [2.75, 3.05) is 31.8 Å². The van der Waals surface area contributed by atoms with Crippen LogP contribution >= 0.6 is 0 Å². The predicted octanol–water partition coefficient (Wildman–Crippen LogP) is 2.27. The summed E-state index contributed by atoms with van der Waals surface area (Å²) in [4.78, 5) is 13.9. The molecule has 1 aliphatic rings. The number of carbonyl (C=O) groups excluding carboxylic acids is 1. The molecular formula is C18H19NO4. The first-order chi connectivity index (χ1) is 11.2. The van der Waals surface area contributed by atoms with Crippen LogP contribution in [0.25, 0.3) is 0 Å². The van der Waals surface area contributed by atoms with Crippen molar-refractivity contribution in [3.63, 3.8) is 0 Å². The Morgan fingerprint density at radius 1 is 1.30 bits per heavy atom. The maximum absolute atomic E-state index is 11.7. The van der Waals surface area contributed by atoms with E-state index < -0.39 is 6.61 Å². The zero-order valence-electron chi connectivity index (χ0n) is 13.0. The summed E-state index contributed by atoms with van der Waals surface area (Å²) in [6, 6.07) is 13.1. The number of fused-ring (bicyclic) bond motifs is 1. The average Bonchev–Trinajstić information content (AvgIpc) is 2.61. The van der Waals surface area contributed by atoms with Crippen molar-refractivity contribution in [2.24, 2.45) is 0 Å². The standard InChI is InChI=1S/C18H19NO4/c1-22-17-5-3-2-4-14(17)11-19-8-9-23-18-7-6-13(10-15(18)19)16(21)12-20/h2-7,10,20H,8-9,11-12H2,1H3. The van der Waals surface area contributed by atoms with Gasteiger partial charge in [-0.3, -0.25) is 4.79 Å². The zero-order chi connectivity index (χ0) is 16.2. The number of para-hydroxylation sites is 1. The van der Waals surface area contributed by atoms with Crippen molar-refractivity contribution in [1.29, 1.82) is 0 Å². The van der Waals surface area contributed by atoms with Crippen LogP contribution in [0.15, 0.2) is 42.5 Å². The fourth-order valence-electron chi connectivity index (χ4n) is 2.74. The fourth-order valence-corrected chi connectivity index (χ4v) is 2.74. The van der Waals surface area contributed by atoms with Crippen LogP contribution < -0.4 is 14.4 Å². The third-order valence-corrected chi connectivity index (χ3v) is 3.94. The Bertz CT molecular complexity index is 714. The van der Waals surface area contributed by atoms with Gasteiger partial charge in [-0.1, -0.05) is 18.2 Å². The predicted molar refractivity (Wildman–Crippen MR) is 87.4 cm³/mol. The molecule has 1 N–H and O–H groups in total. The summed E-state index contributed by atoms with van der Waals surface area (Å²) in [5.74, 6) is 1.29. The van der Waals surface area contributed by atoms with Crippen molar-refractivity contribution in [1.82, 2.24) is 0 Å². The fraction of sp³-hybridized carbons (Fsp3) is 0.278. The summed E-state index contributed by atoms with van der Waals surface area (Å²) >= 11 is 0. The quantitative estimate of drug-likeness (QED) is 0.858. The number of carbonyl (C=O) groups is 1. The molecule has 23 heavy (non-hydrogen) atoms. The monoisotopic (exact) mass is 313 g/mol.